The van der Waals surface area contributed by atoms with Gasteiger partial charge in [0.2, 0.25) is 10.0 Å². The van der Waals surface area contributed by atoms with E-state index in [1.54, 1.807) is 6.26 Å². The SMILES string of the molecule is CNS(=O)(=O)c1ccc(Nc2nc(SC)nc(Cl)c2C(N)=O)cc1OC. The predicted molar refractivity (Wildman–Crippen MR) is 99.9 cm³/mol. The number of thioether (sulfide) groups is 1. The van der Waals surface area contributed by atoms with Gasteiger partial charge in [-0.1, -0.05) is 23.4 Å². The average Bonchev–Trinajstić information content (AvgIpc) is 2.60. The summed E-state index contributed by atoms with van der Waals surface area (Å²) in [7, 11) is -1.05. The fourth-order valence-electron chi connectivity index (χ4n) is 2.03. The summed E-state index contributed by atoms with van der Waals surface area (Å²) in [4.78, 5) is 19.8. The van der Waals surface area contributed by atoms with Crippen LogP contribution in [-0.2, 0) is 10.0 Å². The Morgan fingerprint density at radius 1 is 1.35 bits per heavy atom. The van der Waals surface area contributed by atoms with Gasteiger partial charge in [-0.05, 0) is 25.4 Å². The van der Waals surface area contributed by atoms with Gasteiger partial charge in [0.25, 0.3) is 5.91 Å². The molecule has 9 nitrogen and oxygen atoms in total. The van der Waals surface area contributed by atoms with E-state index in [9.17, 15) is 13.2 Å². The Hall–Kier alpha value is -2.08. The van der Waals surface area contributed by atoms with Gasteiger partial charge in [-0.2, -0.15) is 0 Å². The lowest BCUT2D eigenvalue weighted by Crippen LogP contribution is -2.19. The molecule has 1 aromatic carbocycles. The van der Waals surface area contributed by atoms with Crippen molar-refractivity contribution >= 4 is 50.8 Å². The summed E-state index contributed by atoms with van der Waals surface area (Å²) in [5.74, 6) is -0.588. The van der Waals surface area contributed by atoms with Crippen LogP contribution >= 0.6 is 23.4 Å². The van der Waals surface area contributed by atoms with E-state index in [4.69, 9.17) is 22.1 Å². The van der Waals surface area contributed by atoms with E-state index in [1.807, 2.05) is 0 Å². The molecule has 0 spiro atoms. The van der Waals surface area contributed by atoms with E-state index in [1.165, 1.54) is 44.1 Å². The van der Waals surface area contributed by atoms with Gasteiger partial charge in [0.05, 0.1) is 7.11 Å². The molecule has 0 atom stereocenters. The molecular weight excluding hydrogens is 402 g/mol. The molecule has 26 heavy (non-hydrogen) atoms. The summed E-state index contributed by atoms with van der Waals surface area (Å²) in [5.41, 5.74) is 5.70. The molecule has 0 bridgehead atoms. The Kier molecular flexibility index (Phi) is 6.29. The maximum absolute atomic E-state index is 12.0. The average molecular weight is 418 g/mol. The molecular formula is C14H16ClN5O4S2. The Bertz CT molecular complexity index is 953. The monoisotopic (exact) mass is 417 g/mol. The molecule has 12 heteroatoms. The van der Waals surface area contributed by atoms with Crippen LogP contribution in [0.1, 0.15) is 10.4 Å². The summed E-state index contributed by atoms with van der Waals surface area (Å²) in [6.45, 7) is 0. The Labute approximate surface area is 159 Å². The van der Waals surface area contributed by atoms with E-state index in [0.29, 0.717) is 10.8 Å². The highest BCUT2D eigenvalue weighted by Gasteiger charge is 2.21. The number of carbonyl (C=O) groups is 1. The van der Waals surface area contributed by atoms with Gasteiger partial charge in [0, 0.05) is 11.8 Å². The summed E-state index contributed by atoms with van der Waals surface area (Å²) in [5, 5.41) is 3.15. The number of rotatable bonds is 7. The van der Waals surface area contributed by atoms with Crippen molar-refractivity contribution in [2.75, 3.05) is 25.7 Å². The second-order valence-electron chi connectivity index (χ2n) is 4.79. The smallest absolute Gasteiger partial charge is 0.255 e. The Balaban J connectivity index is 2.52. The highest BCUT2D eigenvalue weighted by atomic mass is 35.5. The molecule has 0 radical (unpaired) electrons. The normalized spacial score (nSPS) is 11.2. The molecule has 1 aromatic heterocycles. The topological polar surface area (TPSA) is 136 Å². The number of nitrogens with two attached hydrogens (primary N) is 1. The van der Waals surface area contributed by atoms with E-state index < -0.39 is 15.9 Å². The van der Waals surface area contributed by atoms with Crippen LogP contribution in [0.3, 0.4) is 0 Å². The molecule has 2 rings (SSSR count). The Morgan fingerprint density at radius 3 is 2.58 bits per heavy atom. The lowest BCUT2D eigenvalue weighted by atomic mass is 10.2. The van der Waals surface area contributed by atoms with E-state index >= 15 is 0 Å². The second kappa shape index (κ2) is 8.08. The van der Waals surface area contributed by atoms with E-state index in [0.717, 1.165) is 0 Å². The van der Waals surface area contributed by atoms with Crippen molar-refractivity contribution in [1.82, 2.24) is 14.7 Å². The quantitative estimate of drug-likeness (QED) is 0.351. The summed E-state index contributed by atoms with van der Waals surface area (Å²) >= 11 is 7.25. The molecule has 2 aromatic rings. The van der Waals surface area contributed by atoms with Crippen LogP contribution in [0.2, 0.25) is 5.15 Å². The van der Waals surface area contributed by atoms with Crippen LogP contribution in [0.25, 0.3) is 0 Å². The molecule has 1 heterocycles. The number of aromatic nitrogens is 2. The third kappa shape index (κ3) is 4.18. The fourth-order valence-corrected chi connectivity index (χ4v) is 3.58. The molecule has 0 unspecified atom stereocenters. The van der Waals surface area contributed by atoms with Crippen LogP contribution < -0.4 is 20.5 Å². The molecule has 0 aliphatic carbocycles. The molecule has 0 saturated carbocycles. The number of hydrogen-bond acceptors (Lipinski definition) is 8. The third-order valence-electron chi connectivity index (χ3n) is 3.26. The molecule has 0 fully saturated rings. The highest BCUT2D eigenvalue weighted by molar-refractivity contribution is 7.98. The highest BCUT2D eigenvalue weighted by Crippen LogP contribution is 2.31. The third-order valence-corrected chi connectivity index (χ3v) is 5.53. The maximum Gasteiger partial charge on any atom is 0.255 e. The number of sulfonamides is 1. The number of nitrogens with one attached hydrogen (secondary N) is 2. The van der Waals surface area contributed by atoms with Crippen molar-refractivity contribution in [3.8, 4) is 5.75 Å². The number of hydrogen-bond donors (Lipinski definition) is 3. The van der Waals surface area contributed by atoms with Crippen LogP contribution in [0, 0.1) is 0 Å². The van der Waals surface area contributed by atoms with Crippen LogP contribution in [0.5, 0.6) is 5.75 Å². The molecule has 1 amide bonds. The number of amides is 1. The van der Waals surface area contributed by atoms with Crippen molar-refractivity contribution in [2.45, 2.75) is 10.1 Å². The molecule has 140 valence electrons. The van der Waals surface area contributed by atoms with Crippen molar-refractivity contribution in [3.63, 3.8) is 0 Å². The number of primary amides is 1. The summed E-state index contributed by atoms with van der Waals surface area (Å²) in [6.07, 6.45) is 1.75. The number of anilines is 2. The van der Waals surface area contributed by atoms with Crippen molar-refractivity contribution in [2.24, 2.45) is 5.73 Å². The first kappa shape index (κ1) is 20.2. The molecule has 0 aliphatic rings. The fraction of sp³-hybridized carbons (Fsp3) is 0.214. The first-order chi connectivity index (χ1) is 12.2. The first-order valence-corrected chi connectivity index (χ1v) is 10.1. The summed E-state index contributed by atoms with van der Waals surface area (Å²) < 4.78 is 31.4. The predicted octanol–water partition coefficient (Wildman–Crippen LogP) is 1.61. The minimum atomic E-state index is -3.70. The van der Waals surface area contributed by atoms with Gasteiger partial charge in [-0.3, -0.25) is 4.79 Å². The number of nitrogens with zero attached hydrogens (tertiary/aromatic N) is 2. The van der Waals surface area contributed by atoms with E-state index in [2.05, 4.69) is 20.0 Å². The number of carbonyl (C=O) groups excluding carboxylic acids is 1. The molecule has 0 saturated heterocycles. The number of ether oxygens (including phenoxy) is 1. The van der Waals surface area contributed by atoms with Gasteiger partial charge < -0.3 is 15.8 Å². The lowest BCUT2D eigenvalue weighted by molar-refractivity contribution is 0.100. The maximum atomic E-state index is 12.0. The van der Waals surface area contributed by atoms with Crippen LogP contribution in [0.15, 0.2) is 28.3 Å². The van der Waals surface area contributed by atoms with Crippen molar-refractivity contribution < 1.29 is 17.9 Å². The van der Waals surface area contributed by atoms with Gasteiger partial charge in [-0.25, -0.2) is 23.1 Å². The zero-order valence-electron chi connectivity index (χ0n) is 14.0. The minimum Gasteiger partial charge on any atom is -0.495 e. The molecule has 0 aliphatic heterocycles. The van der Waals surface area contributed by atoms with Gasteiger partial charge in [0.1, 0.15) is 27.2 Å². The van der Waals surface area contributed by atoms with E-state index in [-0.39, 0.29) is 27.2 Å². The van der Waals surface area contributed by atoms with Gasteiger partial charge >= 0.3 is 0 Å². The van der Waals surface area contributed by atoms with Crippen LogP contribution in [-0.4, -0.2) is 44.7 Å². The first-order valence-electron chi connectivity index (χ1n) is 7.03. The van der Waals surface area contributed by atoms with Crippen LogP contribution in [0.4, 0.5) is 11.5 Å². The largest absolute Gasteiger partial charge is 0.495 e. The zero-order chi connectivity index (χ0) is 19.5. The summed E-state index contributed by atoms with van der Waals surface area (Å²) in [6, 6.07) is 4.30. The Morgan fingerprint density at radius 2 is 2.04 bits per heavy atom. The minimum absolute atomic E-state index is 0.0336. The number of halogens is 1. The number of methoxy groups -OCH3 is 1. The van der Waals surface area contributed by atoms with Crippen molar-refractivity contribution in [3.05, 3.63) is 28.9 Å². The number of benzene rings is 1. The lowest BCUT2D eigenvalue weighted by Gasteiger charge is -2.14. The zero-order valence-corrected chi connectivity index (χ0v) is 16.4. The van der Waals surface area contributed by atoms with Gasteiger partial charge in [0.15, 0.2) is 5.16 Å². The van der Waals surface area contributed by atoms with Crippen molar-refractivity contribution in [1.29, 1.82) is 0 Å². The van der Waals surface area contributed by atoms with Gasteiger partial charge in [-0.15, -0.1) is 0 Å². The second-order valence-corrected chi connectivity index (χ2v) is 7.77. The standard InChI is InChI=1S/C14H16ClN5O4S2/c1-17-26(22,23)9-5-4-7(6-8(9)24-2)18-13-10(12(16)21)11(15)19-14(20-13)25-3/h4-6,17H,1-3H3,(H2,16,21)(H,18,19,20). The molecule has 4 N–H and O–H groups in total.